The fraction of sp³-hybridized carbons (Fsp3) is 0.938. The molecule has 3 N–H and O–H groups in total. The Balaban J connectivity index is 1.97. The first kappa shape index (κ1) is 18.2. The lowest BCUT2D eigenvalue weighted by molar-refractivity contribution is -0.0960. The molecule has 0 atom stereocenters. The van der Waals surface area contributed by atoms with Crippen molar-refractivity contribution in [2.75, 3.05) is 6.61 Å². The third-order valence-corrected chi connectivity index (χ3v) is 11.0. The van der Waals surface area contributed by atoms with E-state index in [1.807, 2.05) is 0 Å². The van der Waals surface area contributed by atoms with Crippen LogP contribution in [0.25, 0.3) is 0 Å². The number of hydrogen-bond donors (Lipinski definition) is 2. The Morgan fingerprint density at radius 3 is 2.05 bits per heavy atom. The van der Waals surface area contributed by atoms with Crippen molar-refractivity contribution in [3.63, 3.8) is 0 Å². The van der Waals surface area contributed by atoms with E-state index >= 15 is 0 Å². The highest BCUT2D eigenvalue weighted by atomic mass is 32.1. The summed E-state index contributed by atoms with van der Waals surface area (Å²) in [4.78, 5) is 0. The van der Waals surface area contributed by atoms with E-state index in [9.17, 15) is 0 Å². The Morgan fingerprint density at radius 1 is 1.14 bits per heavy atom. The zero-order valence-corrected chi connectivity index (χ0v) is 16.6. The molecule has 22 heavy (non-hydrogen) atoms. The van der Waals surface area contributed by atoms with Crippen molar-refractivity contribution >= 4 is 25.7 Å². The summed E-state index contributed by atoms with van der Waals surface area (Å²) in [5.74, 6) is 5.28. The van der Waals surface area contributed by atoms with Crippen LogP contribution in [-0.4, -0.2) is 25.7 Å². The summed E-state index contributed by atoms with van der Waals surface area (Å²) in [6.45, 7) is 12.4. The van der Waals surface area contributed by atoms with E-state index in [1.54, 1.807) is 0 Å². The molecule has 4 nitrogen and oxygen atoms in total. The molecular weight excluding hydrogens is 312 g/mol. The van der Waals surface area contributed by atoms with Crippen molar-refractivity contribution in [1.29, 1.82) is 0 Å². The molecule has 128 valence electrons. The van der Waals surface area contributed by atoms with Gasteiger partial charge in [0, 0.05) is 5.41 Å². The fourth-order valence-corrected chi connectivity index (χ4v) is 5.31. The summed E-state index contributed by atoms with van der Waals surface area (Å²) in [7, 11) is -1.71. The van der Waals surface area contributed by atoms with Gasteiger partial charge in [-0.05, 0) is 68.9 Å². The third kappa shape index (κ3) is 3.66. The van der Waals surface area contributed by atoms with Crippen LogP contribution in [0.15, 0.2) is 0 Å². The highest BCUT2D eigenvalue weighted by Crippen LogP contribution is 2.56. The molecule has 0 unspecified atom stereocenters. The SMILES string of the molecule is CC(C)(C)[Si](C)(C)OC12CCC(COC(=S)NN)(CC1)CC2. The number of ether oxygens (including phenoxy) is 1. The van der Waals surface area contributed by atoms with Crippen LogP contribution in [0.3, 0.4) is 0 Å². The van der Waals surface area contributed by atoms with Gasteiger partial charge in [-0.1, -0.05) is 20.8 Å². The Labute approximate surface area is 141 Å². The van der Waals surface area contributed by atoms with Crippen molar-refractivity contribution in [3.05, 3.63) is 0 Å². The van der Waals surface area contributed by atoms with Crippen molar-refractivity contribution in [2.45, 2.75) is 83.0 Å². The second-order valence-corrected chi connectivity index (χ2v) is 13.9. The molecule has 3 aliphatic carbocycles. The van der Waals surface area contributed by atoms with Crippen molar-refractivity contribution < 1.29 is 9.16 Å². The molecule has 3 aliphatic rings. The highest BCUT2D eigenvalue weighted by molar-refractivity contribution is 7.80. The topological polar surface area (TPSA) is 56.5 Å². The fourth-order valence-electron chi connectivity index (χ4n) is 3.55. The van der Waals surface area contributed by atoms with Crippen molar-refractivity contribution in [1.82, 2.24) is 5.43 Å². The van der Waals surface area contributed by atoms with E-state index in [0.717, 1.165) is 19.3 Å². The molecule has 0 heterocycles. The molecule has 3 rings (SSSR count). The van der Waals surface area contributed by atoms with Crippen LogP contribution >= 0.6 is 12.2 Å². The molecule has 0 radical (unpaired) electrons. The van der Waals surface area contributed by atoms with E-state index in [2.05, 4.69) is 39.3 Å². The van der Waals surface area contributed by atoms with E-state index in [-0.39, 0.29) is 16.1 Å². The van der Waals surface area contributed by atoms with Gasteiger partial charge in [0.2, 0.25) is 0 Å². The summed E-state index contributed by atoms with van der Waals surface area (Å²) >= 11 is 4.99. The second-order valence-electron chi connectivity index (χ2n) is 8.77. The van der Waals surface area contributed by atoms with E-state index < -0.39 is 8.32 Å². The summed E-state index contributed by atoms with van der Waals surface area (Å²) in [6, 6.07) is 0. The van der Waals surface area contributed by atoms with Gasteiger partial charge in [0.25, 0.3) is 5.17 Å². The van der Waals surface area contributed by atoms with Gasteiger partial charge in [0.05, 0.1) is 12.2 Å². The highest BCUT2D eigenvalue weighted by Gasteiger charge is 2.53. The summed E-state index contributed by atoms with van der Waals surface area (Å²) < 4.78 is 12.5. The number of nitrogens with one attached hydrogen (secondary N) is 1. The van der Waals surface area contributed by atoms with Crippen LogP contribution in [0.1, 0.15) is 59.3 Å². The first-order chi connectivity index (χ1) is 10.0. The minimum Gasteiger partial charge on any atom is -0.470 e. The van der Waals surface area contributed by atoms with Gasteiger partial charge in [-0.15, -0.1) is 0 Å². The van der Waals surface area contributed by atoms with E-state index in [1.165, 1.54) is 19.3 Å². The van der Waals surface area contributed by atoms with Gasteiger partial charge < -0.3 is 9.16 Å². The maximum Gasteiger partial charge on any atom is 0.271 e. The average Bonchev–Trinajstić information content (AvgIpc) is 2.45. The Hall–Kier alpha value is -0.173. The lowest BCUT2D eigenvalue weighted by Crippen LogP contribution is -2.56. The standard InChI is InChI=1S/C16H32N2O2SSi/c1-14(2,3)22(4,5)20-16-9-6-15(7-10-16,8-11-16)12-19-13(21)18-17/h6-12,17H2,1-5H3,(H,18,21). The van der Waals surface area contributed by atoms with E-state index in [0.29, 0.717) is 11.8 Å². The average molecular weight is 345 g/mol. The normalized spacial score (nSPS) is 31.9. The van der Waals surface area contributed by atoms with Crippen LogP contribution in [0.4, 0.5) is 0 Å². The van der Waals surface area contributed by atoms with Gasteiger partial charge >= 0.3 is 0 Å². The van der Waals surface area contributed by atoms with Gasteiger partial charge in [-0.25, -0.2) is 5.84 Å². The van der Waals surface area contributed by atoms with Gasteiger partial charge in [0.15, 0.2) is 8.32 Å². The molecule has 0 amide bonds. The minimum atomic E-state index is -1.71. The number of nitrogens with two attached hydrogens (primary N) is 1. The molecule has 0 saturated heterocycles. The Morgan fingerprint density at radius 2 is 1.64 bits per heavy atom. The number of rotatable bonds is 4. The van der Waals surface area contributed by atoms with Crippen molar-refractivity contribution in [2.24, 2.45) is 11.3 Å². The maximum absolute atomic E-state index is 6.85. The monoisotopic (exact) mass is 344 g/mol. The maximum atomic E-state index is 6.85. The predicted octanol–water partition coefficient (Wildman–Crippen LogP) is 3.87. The van der Waals surface area contributed by atoms with Crippen LogP contribution in [0.5, 0.6) is 0 Å². The molecular formula is C16H32N2O2SSi. The molecule has 3 fully saturated rings. The zero-order valence-electron chi connectivity index (χ0n) is 14.8. The lowest BCUT2D eigenvalue weighted by Gasteiger charge is -2.56. The largest absolute Gasteiger partial charge is 0.470 e. The molecule has 0 spiro atoms. The van der Waals surface area contributed by atoms with Crippen LogP contribution in [-0.2, 0) is 9.16 Å². The molecule has 0 aromatic carbocycles. The second kappa shape index (κ2) is 6.04. The first-order valence-corrected chi connectivity index (χ1v) is 11.7. The number of hydrogen-bond acceptors (Lipinski definition) is 4. The van der Waals surface area contributed by atoms with Gasteiger partial charge in [-0.2, -0.15) is 0 Å². The number of thiocarbonyl (C=S) groups is 1. The summed E-state index contributed by atoms with van der Waals surface area (Å²) in [5, 5.41) is 0.574. The smallest absolute Gasteiger partial charge is 0.271 e. The molecule has 0 aromatic rings. The van der Waals surface area contributed by atoms with Crippen LogP contribution < -0.4 is 11.3 Å². The predicted molar refractivity (Wildman–Crippen MR) is 97.0 cm³/mol. The van der Waals surface area contributed by atoms with Gasteiger partial charge in [-0.3, -0.25) is 5.43 Å². The lowest BCUT2D eigenvalue weighted by atomic mass is 9.59. The zero-order chi connectivity index (χ0) is 16.6. The molecule has 3 saturated carbocycles. The summed E-state index contributed by atoms with van der Waals surface area (Å²) in [6.07, 6.45) is 7.00. The number of hydrazine groups is 1. The van der Waals surface area contributed by atoms with Crippen molar-refractivity contribution in [3.8, 4) is 0 Å². The first-order valence-electron chi connectivity index (χ1n) is 8.37. The van der Waals surface area contributed by atoms with Crippen LogP contribution in [0.2, 0.25) is 18.1 Å². The molecule has 2 bridgehead atoms. The quantitative estimate of drug-likeness (QED) is 0.351. The Kier molecular flexibility index (Phi) is 4.99. The molecule has 0 aromatic heterocycles. The minimum absolute atomic E-state index is 0.122. The van der Waals surface area contributed by atoms with Gasteiger partial charge in [0.1, 0.15) is 0 Å². The van der Waals surface area contributed by atoms with E-state index in [4.69, 9.17) is 27.2 Å². The van der Waals surface area contributed by atoms with Crippen LogP contribution in [0, 0.1) is 5.41 Å². The molecule has 0 aliphatic heterocycles. The third-order valence-electron chi connectivity index (χ3n) is 6.24. The Bertz CT molecular complexity index is 410. The number of fused-ring (bicyclic) bond motifs is 3. The summed E-state index contributed by atoms with van der Waals surface area (Å²) in [5.41, 5.74) is 2.80. The molecule has 6 heteroatoms.